The van der Waals surface area contributed by atoms with Crippen molar-refractivity contribution in [2.24, 2.45) is 0 Å². The summed E-state index contributed by atoms with van der Waals surface area (Å²) in [4.78, 5) is 12.0. The molecule has 1 aromatic carbocycles. The molecule has 3 rings (SSSR count). The quantitative estimate of drug-likeness (QED) is 0.806. The lowest BCUT2D eigenvalue weighted by molar-refractivity contribution is 0.410. The first kappa shape index (κ1) is 12.2. The number of imidazole rings is 1. The van der Waals surface area contributed by atoms with E-state index >= 15 is 0 Å². The second-order valence-electron chi connectivity index (χ2n) is 4.20. The number of methoxy groups -OCH3 is 1. The van der Waals surface area contributed by atoms with Gasteiger partial charge in [0.2, 0.25) is 0 Å². The molecule has 0 amide bonds. The summed E-state index contributed by atoms with van der Waals surface area (Å²) >= 11 is 3.40. The van der Waals surface area contributed by atoms with Gasteiger partial charge in [-0.05, 0) is 28.1 Å². The molecule has 2 aromatic heterocycles. The van der Waals surface area contributed by atoms with Crippen molar-refractivity contribution in [2.45, 2.75) is 6.42 Å². The van der Waals surface area contributed by atoms with Crippen molar-refractivity contribution >= 4 is 27.1 Å². The van der Waals surface area contributed by atoms with E-state index in [0.717, 1.165) is 32.8 Å². The number of nitrogens with one attached hydrogen (secondary N) is 1. The maximum atomic E-state index is 5.35. The normalized spacial score (nSPS) is 10.8. The molecule has 0 fully saturated rings. The fraction of sp³-hybridized carbons (Fsp3) is 0.143. The molecule has 4 nitrogen and oxygen atoms in total. The van der Waals surface area contributed by atoms with Crippen LogP contribution in [-0.2, 0) is 6.42 Å². The Morgan fingerprint density at radius 3 is 3.00 bits per heavy atom. The van der Waals surface area contributed by atoms with Gasteiger partial charge in [-0.2, -0.15) is 0 Å². The molecule has 0 unspecified atom stereocenters. The van der Waals surface area contributed by atoms with E-state index in [0.29, 0.717) is 6.42 Å². The number of nitrogens with zero attached hydrogens (tertiary/aromatic N) is 2. The van der Waals surface area contributed by atoms with Crippen molar-refractivity contribution in [3.63, 3.8) is 0 Å². The van der Waals surface area contributed by atoms with Crippen LogP contribution < -0.4 is 4.74 Å². The van der Waals surface area contributed by atoms with Crippen LogP contribution in [0.25, 0.3) is 11.2 Å². The highest BCUT2D eigenvalue weighted by molar-refractivity contribution is 9.10. The Bertz CT molecular complexity index is 724. The molecule has 0 spiro atoms. The number of aromatic amines is 1. The van der Waals surface area contributed by atoms with Gasteiger partial charge in [-0.25, -0.2) is 9.97 Å². The average Bonchev–Trinajstić information content (AvgIpc) is 2.80. The zero-order valence-corrected chi connectivity index (χ0v) is 11.9. The number of rotatable bonds is 3. The lowest BCUT2D eigenvalue weighted by Gasteiger charge is -2.05. The summed E-state index contributed by atoms with van der Waals surface area (Å²) in [7, 11) is 1.68. The molecular formula is C14H12BrN3O. The molecule has 0 aliphatic carbocycles. The summed E-state index contributed by atoms with van der Waals surface area (Å²) in [6, 6.07) is 9.91. The van der Waals surface area contributed by atoms with E-state index in [9.17, 15) is 0 Å². The van der Waals surface area contributed by atoms with Gasteiger partial charge in [-0.3, -0.25) is 0 Å². The predicted octanol–water partition coefficient (Wildman–Crippen LogP) is 3.32. The van der Waals surface area contributed by atoms with Gasteiger partial charge in [-0.1, -0.05) is 18.2 Å². The Labute approximate surface area is 119 Å². The maximum absolute atomic E-state index is 5.35. The molecular weight excluding hydrogens is 306 g/mol. The third-order valence-electron chi connectivity index (χ3n) is 2.90. The molecule has 0 saturated carbocycles. The molecule has 19 heavy (non-hydrogen) atoms. The number of fused-ring (bicyclic) bond motifs is 1. The van der Waals surface area contributed by atoms with Crippen molar-refractivity contribution in [2.75, 3.05) is 7.11 Å². The highest BCUT2D eigenvalue weighted by Crippen LogP contribution is 2.21. The highest BCUT2D eigenvalue weighted by atomic mass is 79.9. The summed E-state index contributed by atoms with van der Waals surface area (Å²) in [6.07, 6.45) is 2.44. The van der Waals surface area contributed by atoms with E-state index in [1.54, 1.807) is 13.3 Å². The van der Waals surface area contributed by atoms with Crippen molar-refractivity contribution in [1.29, 1.82) is 0 Å². The first-order valence-electron chi connectivity index (χ1n) is 5.88. The molecule has 0 aliphatic rings. The number of hydrogen-bond donors (Lipinski definition) is 1. The zero-order valence-electron chi connectivity index (χ0n) is 10.4. The summed E-state index contributed by atoms with van der Waals surface area (Å²) in [6.45, 7) is 0. The molecule has 0 atom stereocenters. The monoisotopic (exact) mass is 317 g/mol. The number of aromatic nitrogens is 3. The number of H-pyrrole nitrogens is 1. The minimum absolute atomic E-state index is 0.692. The summed E-state index contributed by atoms with van der Waals surface area (Å²) < 4.78 is 6.28. The Morgan fingerprint density at radius 1 is 1.32 bits per heavy atom. The standard InChI is InChI=1S/C14H12BrN3O/c1-19-12-5-3-2-4-9(12)6-13-17-11-7-10(15)8-16-14(11)18-13/h2-5,7-8H,6H2,1H3,(H,16,17,18). The van der Waals surface area contributed by atoms with Crippen LogP contribution in [0.4, 0.5) is 0 Å². The predicted molar refractivity (Wildman–Crippen MR) is 77.4 cm³/mol. The van der Waals surface area contributed by atoms with Crippen molar-refractivity contribution < 1.29 is 4.74 Å². The van der Waals surface area contributed by atoms with Gasteiger partial charge < -0.3 is 9.72 Å². The smallest absolute Gasteiger partial charge is 0.177 e. The second-order valence-corrected chi connectivity index (χ2v) is 5.11. The van der Waals surface area contributed by atoms with Gasteiger partial charge in [0.25, 0.3) is 0 Å². The topological polar surface area (TPSA) is 50.8 Å². The van der Waals surface area contributed by atoms with Crippen LogP contribution in [0.2, 0.25) is 0 Å². The van der Waals surface area contributed by atoms with Gasteiger partial charge in [0.15, 0.2) is 5.65 Å². The molecule has 1 N–H and O–H groups in total. The minimum atomic E-state index is 0.692. The lowest BCUT2D eigenvalue weighted by Crippen LogP contribution is -1.94. The molecule has 2 heterocycles. The lowest BCUT2D eigenvalue weighted by atomic mass is 10.1. The fourth-order valence-corrected chi connectivity index (χ4v) is 2.37. The molecule has 0 saturated heterocycles. The van der Waals surface area contributed by atoms with Crippen molar-refractivity contribution in [3.8, 4) is 5.75 Å². The van der Waals surface area contributed by atoms with Gasteiger partial charge >= 0.3 is 0 Å². The maximum Gasteiger partial charge on any atom is 0.177 e. The number of benzene rings is 1. The SMILES string of the molecule is COc1ccccc1Cc1nc2ncc(Br)cc2[nH]1. The Balaban J connectivity index is 1.96. The van der Waals surface area contributed by atoms with Gasteiger partial charge in [0, 0.05) is 22.7 Å². The van der Waals surface area contributed by atoms with Crippen LogP contribution in [-0.4, -0.2) is 22.1 Å². The van der Waals surface area contributed by atoms with Crippen LogP contribution in [0.15, 0.2) is 41.0 Å². The van der Waals surface area contributed by atoms with E-state index in [1.165, 1.54) is 0 Å². The first-order chi connectivity index (χ1) is 9.26. The van der Waals surface area contributed by atoms with Crippen LogP contribution in [0.3, 0.4) is 0 Å². The number of pyridine rings is 1. The largest absolute Gasteiger partial charge is 0.496 e. The average molecular weight is 318 g/mol. The van der Waals surface area contributed by atoms with Gasteiger partial charge in [-0.15, -0.1) is 0 Å². The van der Waals surface area contributed by atoms with Crippen molar-refractivity contribution in [1.82, 2.24) is 15.0 Å². The van der Waals surface area contributed by atoms with Crippen LogP contribution in [0.1, 0.15) is 11.4 Å². The third-order valence-corrected chi connectivity index (χ3v) is 3.34. The number of hydrogen-bond acceptors (Lipinski definition) is 3. The molecule has 3 aromatic rings. The molecule has 0 aliphatic heterocycles. The van der Waals surface area contributed by atoms with E-state index in [2.05, 4.69) is 30.9 Å². The number of halogens is 1. The van der Waals surface area contributed by atoms with Gasteiger partial charge in [0.05, 0.1) is 12.6 Å². The Kier molecular flexibility index (Phi) is 3.21. The van der Waals surface area contributed by atoms with Gasteiger partial charge in [0.1, 0.15) is 11.6 Å². The Morgan fingerprint density at radius 2 is 2.16 bits per heavy atom. The van der Waals surface area contributed by atoms with Crippen LogP contribution in [0.5, 0.6) is 5.75 Å². The van der Waals surface area contributed by atoms with E-state index in [-0.39, 0.29) is 0 Å². The van der Waals surface area contributed by atoms with E-state index in [1.807, 2.05) is 30.3 Å². The summed E-state index contributed by atoms with van der Waals surface area (Å²) in [5.74, 6) is 1.75. The molecule has 0 radical (unpaired) electrons. The molecule has 0 bridgehead atoms. The summed E-state index contributed by atoms with van der Waals surface area (Å²) in [5.41, 5.74) is 2.76. The number of para-hydroxylation sites is 1. The fourth-order valence-electron chi connectivity index (χ4n) is 2.04. The second kappa shape index (κ2) is 5.01. The Hall–Kier alpha value is -1.88. The van der Waals surface area contributed by atoms with Crippen LogP contribution >= 0.6 is 15.9 Å². The van der Waals surface area contributed by atoms with Crippen LogP contribution in [0, 0.1) is 0 Å². The molecule has 5 heteroatoms. The van der Waals surface area contributed by atoms with Crippen molar-refractivity contribution in [3.05, 3.63) is 52.4 Å². The third kappa shape index (κ3) is 2.46. The minimum Gasteiger partial charge on any atom is -0.496 e. The first-order valence-corrected chi connectivity index (χ1v) is 6.67. The highest BCUT2D eigenvalue weighted by Gasteiger charge is 2.08. The zero-order chi connectivity index (χ0) is 13.2. The molecule has 96 valence electrons. The van der Waals surface area contributed by atoms with E-state index < -0.39 is 0 Å². The van der Waals surface area contributed by atoms with E-state index in [4.69, 9.17) is 4.74 Å². The summed E-state index contributed by atoms with van der Waals surface area (Å²) in [5, 5.41) is 0. The number of ether oxygens (including phenoxy) is 1.